The number of Topliss-reactive ketones (excluding diaryl/α,β-unsaturated/α-hetero) is 2. The van der Waals surface area contributed by atoms with E-state index in [4.69, 9.17) is 25.5 Å². The van der Waals surface area contributed by atoms with Crippen molar-refractivity contribution in [1.82, 2.24) is 0 Å². The molecule has 5 N–H and O–H groups in total. The molecular formula is C12H24O8. The van der Waals surface area contributed by atoms with Crippen LogP contribution in [0.5, 0.6) is 0 Å². The average molecular weight is 296 g/mol. The van der Waals surface area contributed by atoms with Gasteiger partial charge in [-0.25, -0.2) is 0 Å². The van der Waals surface area contributed by atoms with Gasteiger partial charge < -0.3 is 39.9 Å². The molecular weight excluding hydrogens is 272 g/mol. The number of hydrogen-bond donors (Lipinski definition) is 5. The van der Waals surface area contributed by atoms with Crippen molar-refractivity contribution in [2.24, 2.45) is 0 Å². The van der Waals surface area contributed by atoms with Crippen LogP contribution in [0.25, 0.3) is 0 Å². The Kier molecular flexibility index (Phi) is 11.6. The topological polar surface area (TPSA) is 145 Å². The van der Waals surface area contributed by atoms with Crippen LogP contribution < -0.4 is 0 Å². The molecule has 0 bridgehead atoms. The summed E-state index contributed by atoms with van der Waals surface area (Å²) in [6.45, 7) is 5.52. The normalized spacial score (nSPS) is 29.4. The van der Waals surface area contributed by atoms with Crippen LogP contribution in [0.4, 0.5) is 0 Å². The summed E-state index contributed by atoms with van der Waals surface area (Å²) in [7, 11) is 0. The maximum Gasteiger partial charge on any atom is 0.184 e. The van der Waals surface area contributed by atoms with Crippen LogP contribution in [0, 0.1) is 0 Å². The van der Waals surface area contributed by atoms with Crippen molar-refractivity contribution < 1.29 is 39.9 Å². The van der Waals surface area contributed by atoms with Gasteiger partial charge in [0, 0.05) is 0 Å². The molecule has 0 aromatic rings. The minimum absolute atomic E-state index is 0.167. The van der Waals surface area contributed by atoms with E-state index in [0.29, 0.717) is 0 Å². The molecule has 0 amide bonds. The highest BCUT2D eigenvalue weighted by Crippen LogP contribution is 2.21. The van der Waals surface area contributed by atoms with Gasteiger partial charge in [0.2, 0.25) is 0 Å². The molecule has 8 nitrogen and oxygen atoms in total. The first-order valence-electron chi connectivity index (χ1n) is 5.97. The van der Waals surface area contributed by atoms with Crippen LogP contribution in [0.15, 0.2) is 0 Å². The van der Waals surface area contributed by atoms with Crippen molar-refractivity contribution in [1.29, 1.82) is 0 Å². The van der Waals surface area contributed by atoms with Crippen LogP contribution in [0.2, 0.25) is 0 Å². The molecule has 20 heavy (non-hydrogen) atoms. The van der Waals surface area contributed by atoms with Gasteiger partial charge in [-0.1, -0.05) is 0 Å². The lowest BCUT2D eigenvalue weighted by molar-refractivity contribution is -0.150. The largest absolute Gasteiger partial charge is 0.394 e. The molecule has 5 atom stereocenters. The van der Waals surface area contributed by atoms with E-state index < -0.39 is 37.3 Å². The SMILES string of the molecule is CC(C)=O.CC(C)=O.OCC(O)C1OC(O)C(O)C1O. The monoisotopic (exact) mass is 296 g/mol. The first kappa shape index (κ1) is 21.4. The fourth-order valence-corrected chi connectivity index (χ4v) is 1.11. The predicted octanol–water partition coefficient (Wildman–Crippen LogP) is -2.03. The van der Waals surface area contributed by atoms with Crippen LogP contribution in [-0.2, 0) is 14.3 Å². The Morgan fingerprint density at radius 3 is 1.55 bits per heavy atom. The van der Waals surface area contributed by atoms with Crippen molar-refractivity contribution in [3.8, 4) is 0 Å². The van der Waals surface area contributed by atoms with E-state index in [0.717, 1.165) is 0 Å². The molecule has 1 rings (SSSR count). The van der Waals surface area contributed by atoms with E-state index in [-0.39, 0.29) is 11.6 Å². The maximum atomic E-state index is 9.44. The third-order valence-electron chi connectivity index (χ3n) is 1.84. The summed E-state index contributed by atoms with van der Waals surface area (Å²) in [6.07, 6.45) is -6.75. The molecule has 0 radical (unpaired) electrons. The Morgan fingerprint density at radius 1 is 1.00 bits per heavy atom. The first-order valence-corrected chi connectivity index (χ1v) is 5.97. The number of carbonyl (C=O) groups is 2. The van der Waals surface area contributed by atoms with Gasteiger partial charge in [0.1, 0.15) is 36.0 Å². The number of hydrogen-bond acceptors (Lipinski definition) is 8. The number of rotatable bonds is 2. The zero-order valence-electron chi connectivity index (χ0n) is 12.1. The quantitative estimate of drug-likeness (QED) is 0.392. The van der Waals surface area contributed by atoms with Crippen LogP contribution in [0.3, 0.4) is 0 Å². The lowest BCUT2D eigenvalue weighted by Gasteiger charge is -2.18. The van der Waals surface area contributed by atoms with E-state index in [1.54, 1.807) is 0 Å². The van der Waals surface area contributed by atoms with Crippen LogP contribution >= 0.6 is 0 Å². The predicted molar refractivity (Wildman–Crippen MR) is 68.7 cm³/mol. The van der Waals surface area contributed by atoms with E-state index in [1.165, 1.54) is 27.7 Å². The Labute approximate surface area is 117 Å². The van der Waals surface area contributed by atoms with Crippen molar-refractivity contribution >= 4 is 11.6 Å². The van der Waals surface area contributed by atoms with Gasteiger partial charge in [-0.05, 0) is 27.7 Å². The fraction of sp³-hybridized carbons (Fsp3) is 0.833. The number of ketones is 2. The number of ether oxygens (including phenoxy) is 1. The zero-order valence-corrected chi connectivity index (χ0v) is 12.1. The van der Waals surface area contributed by atoms with Gasteiger partial charge in [0.15, 0.2) is 6.29 Å². The Bertz CT molecular complexity index is 273. The second-order valence-electron chi connectivity index (χ2n) is 4.54. The van der Waals surface area contributed by atoms with Gasteiger partial charge in [0.05, 0.1) is 6.61 Å². The average Bonchev–Trinajstić information content (AvgIpc) is 2.54. The number of aliphatic hydroxyl groups is 5. The van der Waals surface area contributed by atoms with Crippen molar-refractivity contribution in [3.05, 3.63) is 0 Å². The number of carbonyl (C=O) groups excluding carboxylic acids is 2. The summed E-state index contributed by atoms with van der Waals surface area (Å²) in [5.74, 6) is 0.333. The van der Waals surface area contributed by atoms with E-state index >= 15 is 0 Å². The summed E-state index contributed by atoms with van der Waals surface area (Å²) >= 11 is 0. The van der Waals surface area contributed by atoms with Gasteiger partial charge in [-0.3, -0.25) is 0 Å². The summed E-state index contributed by atoms with van der Waals surface area (Å²) < 4.78 is 4.58. The lowest BCUT2D eigenvalue weighted by atomic mass is 10.1. The molecule has 1 fully saturated rings. The highest BCUT2D eigenvalue weighted by molar-refractivity contribution is 5.72. The molecule has 0 aliphatic carbocycles. The summed E-state index contributed by atoms with van der Waals surface area (Å²) in [5.41, 5.74) is 0. The van der Waals surface area contributed by atoms with Crippen LogP contribution in [0.1, 0.15) is 27.7 Å². The molecule has 0 spiro atoms. The van der Waals surface area contributed by atoms with Gasteiger partial charge >= 0.3 is 0 Å². The van der Waals surface area contributed by atoms with Crippen molar-refractivity contribution in [3.63, 3.8) is 0 Å². The van der Waals surface area contributed by atoms with Crippen molar-refractivity contribution in [2.75, 3.05) is 6.61 Å². The first-order chi connectivity index (χ1) is 9.04. The second kappa shape index (κ2) is 10.8. The molecule has 1 saturated heterocycles. The third-order valence-corrected chi connectivity index (χ3v) is 1.84. The van der Waals surface area contributed by atoms with E-state index in [9.17, 15) is 9.59 Å². The second-order valence-corrected chi connectivity index (χ2v) is 4.54. The minimum atomic E-state index is -1.51. The molecule has 0 aromatic carbocycles. The Balaban J connectivity index is 0. The fourth-order valence-electron chi connectivity index (χ4n) is 1.11. The smallest absolute Gasteiger partial charge is 0.184 e. The molecule has 120 valence electrons. The van der Waals surface area contributed by atoms with Gasteiger partial charge in [-0.2, -0.15) is 0 Å². The Morgan fingerprint density at radius 2 is 1.35 bits per heavy atom. The number of aliphatic hydroxyl groups excluding tert-OH is 5. The molecule has 1 aliphatic rings. The molecule has 0 saturated carbocycles. The molecule has 1 heterocycles. The van der Waals surface area contributed by atoms with E-state index in [2.05, 4.69) is 4.74 Å². The van der Waals surface area contributed by atoms with Gasteiger partial charge in [-0.15, -0.1) is 0 Å². The molecule has 1 aliphatic heterocycles. The molecule has 0 aromatic heterocycles. The zero-order chi connectivity index (χ0) is 16.5. The van der Waals surface area contributed by atoms with E-state index in [1.807, 2.05) is 0 Å². The lowest BCUT2D eigenvalue weighted by Crippen LogP contribution is -2.40. The highest BCUT2D eigenvalue weighted by Gasteiger charge is 2.44. The summed E-state index contributed by atoms with van der Waals surface area (Å²) in [4.78, 5) is 18.9. The molecule has 5 unspecified atom stereocenters. The summed E-state index contributed by atoms with van der Waals surface area (Å²) in [6, 6.07) is 0. The minimum Gasteiger partial charge on any atom is -0.394 e. The van der Waals surface area contributed by atoms with Crippen molar-refractivity contribution in [2.45, 2.75) is 58.4 Å². The Hall–Kier alpha value is -0.900. The molecule has 8 heteroatoms. The maximum absolute atomic E-state index is 9.44. The standard InChI is InChI=1S/C6H12O6.2C3H6O/c7-1-2(8)5-3(9)4(10)6(11)12-5;2*1-3(2)4/h2-11H,1H2;2*1-2H3. The van der Waals surface area contributed by atoms with Gasteiger partial charge in [0.25, 0.3) is 0 Å². The highest BCUT2D eigenvalue weighted by atomic mass is 16.6. The van der Waals surface area contributed by atoms with Crippen LogP contribution in [-0.4, -0.2) is 74.4 Å². The third kappa shape index (κ3) is 9.96. The summed E-state index contributed by atoms with van der Waals surface area (Å²) in [5, 5.41) is 44.4.